The Bertz CT molecular complexity index is 808. The molecule has 9 heteroatoms. The Morgan fingerprint density at radius 3 is 2.48 bits per heavy atom. The maximum absolute atomic E-state index is 14.9. The minimum Gasteiger partial charge on any atom is -0.304 e. The van der Waals surface area contributed by atoms with Gasteiger partial charge in [0.1, 0.15) is 4.88 Å². The number of halogens is 3. The molecule has 0 unspecified atom stereocenters. The van der Waals surface area contributed by atoms with E-state index in [2.05, 4.69) is 20.8 Å². The molecule has 0 N–H and O–H groups in total. The van der Waals surface area contributed by atoms with Gasteiger partial charge >= 0.3 is 13.3 Å². The van der Waals surface area contributed by atoms with E-state index in [-0.39, 0.29) is 17.7 Å². The van der Waals surface area contributed by atoms with Crippen LogP contribution in [0.2, 0.25) is 0 Å². The number of hydrogen-bond donors (Lipinski definition) is 0. The third-order valence-corrected chi connectivity index (χ3v) is 7.52. The van der Waals surface area contributed by atoms with Crippen molar-refractivity contribution in [1.29, 1.82) is 0 Å². The average molecular weight is 424 g/mol. The van der Waals surface area contributed by atoms with Gasteiger partial charge in [-0.15, -0.1) is 11.3 Å². The van der Waals surface area contributed by atoms with Gasteiger partial charge in [-0.25, -0.2) is 4.85 Å². The van der Waals surface area contributed by atoms with Crippen molar-refractivity contribution in [1.82, 2.24) is 0 Å². The highest BCUT2D eigenvalue weighted by molar-refractivity contribution is 9.10. The summed E-state index contributed by atoms with van der Waals surface area (Å²) >= 11 is 3.92. The maximum Gasteiger partial charge on any atom is 0.405 e. The van der Waals surface area contributed by atoms with E-state index in [0.29, 0.717) is 15.8 Å². The lowest BCUT2D eigenvalue weighted by atomic mass is 10.2. The molecule has 2 rings (SSSR count). The maximum atomic E-state index is 14.9. The van der Waals surface area contributed by atoms with Gasteiger partial charge in [0.15, 0.2) is 5.69 Å². The van der Waals surface area contributed by atoms with Gasteiger partial charge < -0.3 is 9.05 Å². The summed E-state index contributed by atoms with van der Waals surface area (Å²) in [7, 11) is -4.66. The Morgan fingerprint density at radius 2 is 1.96 bits per heavy atom. The second kappa shape index (κ2) is 6.96. The zero-order valence-electron chi connectivity index (χ0n) is 12.3. The highest BCUT2D eigenvalue weighted by atomic mass is 79.9. The summed E-state index contributed by atoms with van der Waals surface area (Å²) < 4.78 is 52.5. The standard InChI is InChI=1S/C14H13BrF2NO3PS/c1-4-20-22(19,21-5-2)14(16,17)13-12(15)10-7-6-9(18-3)8-11(10)23-13/h6-8H,4-5H2,1-2H3. The van der Waals surface area contributed by atoms with Crippen molar-refractivity contribution in [3.05, 3.63) is 39.0 Å². The number of alkyl halides is 2. The lowest BCUT2D eigenvalue weighted by Gasteiger charge is -2.25. The number of hydrogen-bond acceptors (Lipinski definition) is 4. The van der Waals surface area contributed by atoms with Gasteiger partial charge in [0.05, 0.1) is 19.8 Å². The molecule has 4 nitrogen and oxygen atoms in total. The minimum atomic E-state index is -4.66. The molecule has 1 aromatic carbocycles. The highest BCUT2D eigenvalue weighted by Crippen LogP contribution is 2.69. The summed E-state index contributed by atoms with van der Waals surface area (Å²) in [6.45, 7) is 9.64. The number of fused-ring (bicyclic) bond motifs is 1. The lowest BCUT2D eigenvalue weighted by molar-refractivity contribution is 0.0387. The zero-order chi connectivity index (χ0) is 17.3. The van der Waals surface area contributed by atoms with E-state index in [1.807, 2.05) is 0 Å². The van der Waals surface area contributed by atoms with Crippen LogP contribution in [-0.4, -0.2) is 13.2 Å². The monoisotopic (exact) mass is 423 g/mol. The Hall–Kier alpha value is -0.840. The van der Waals surface area contributed by atoms with Crippen molar-refractivity contribution < 1.29 is 22.4 Å². The van der Waals surface area contributed by atoms with Crippen molar-refractivity contribution in [3.63, 3.8) is 0 Å². The molecule has 0 aliphatic carbocycles. The Morgan fingerprint density at radius 1 is 1.35 bits per heavy atom. The van der Waals surface area contributed by atoms with E-state index in [1.165, 1.54) is 19.9 Å². The van der Waals surface area contributed by atoms with Crippen LogP contribution in [0, 0.1) is 6.57 Å². The number of rotatable bonds is 6. The first-order chi connectivity index (χ1) is 10.8. The molecule has 1 heterocycles. The predicted octanol–water partition coefficient (Wildman–Crippen LogP) is 6.53. The van der Waals surface area contributed by atoms with E-state index in [4.69, 9.17) is 15.6 Å². The molecular weight excluding hydrogens is 411 g/mol. The first-order valence-electron chi connectivity index (χ1n) is 6.67. The molecule has 0 aliphatic heterocycles. The molecule has 1 aromatic heterocycles. The largest absolute Gasteiger partial charge is 0.405 e. The normalized spacial score (nSPS) is 12.5. The van der Waals surface area contributed by atoms with Crippen LogP contribution < -0.4 is 0 Å². The van der Waals surface area contributed by atoms with Gasteiger partial charge in [-0.2, -0.15) is 8.78 Å². The van der Waals surface area contributed by atoms with Gasteiger partial charge in [0, 0.05) is 14.6 Å². The van der Waals surface area contributed by atoms with Crippen molar-refractivity contribution >= 4 is 50.6 Å². The fourth-order valence-corrected chi connectivity index (χ4v) is 6.02. The third kappa shape index (κ3) is 3.21. The van der Waals surface area contributed by atoms with E-state index in [9.17, 15) is 13.3 Å². The Kier molecular flexibility index (Phi) is 5.59. The van der Waals surface area contributed by atoms with Crippen LogP contribution in [-0.2, 0) is 19.3 Å². The van der Waals surface area contributed by atoms with Crippen LogP contribution in [0.5, 0.6) is 0 Å². The molecule has 0 spiro atoms. The molecule has 0 aliphatic rings. The van der Waals surface area contributed by atoms with Crippen molar-refractivity contribution in [2.24, 2.45) is 0 Å². The van der Waals surface area contributed by atoms with Crippen molar-refractivity contribution in [2.45, 2.75) is 19.5 Å². The number of nitrogens with zero attached hydrogens (tertiary/aromatic N) is 1. The fraction of sp³-hybridized carbons (Fsp3) is 0.357. The summed E-state index contributed by atoms with van der Waals surface area (Å²) in [5.41, 5.74) is -3.45. The van der Waals surface area contributed by atoms with Crippen molar-refractivity contribution in [2.75, 3.05) is 13.2 Å². The van der Waals surface area contributed by atoms with Crippen LogP contribution in [0.15, 0.2) is 22.7 Å². The minimum absolute atomic E-state index is 0.138. The summed E-state index contributed by atoms with van der Waals surface area (Å²) in [5, 5.41) is 0.525. The van der Waals surface area contributed by atoms with E-state index in [1.54, 1.807) is 12.1 Å². The molecule has 23 heavy (non-hydrogen) atoms. The molecule has 124 valence electrons. The summed E-state index contributed by atoms with van der Waals surface area (Å²) in [6, 6.07) is 4.64. The van der Waals surface area contributed by atoms with Crippen LogP contribution in [0.4, 0.5) is 14.5 Å². The number of benzene rings is 1. The molecule has 2 aromatic rings. The lowest BCUT2D eigenvalue weighted by Crippen LogP contribution is -2.17. The summed E-state index contributed by atoms with van der Waals surface area (Å²) in [4.78, 5) is 2.85. The first kappa shape index (κ1) is 18.5. The van der Waals surface area contributed by atoms with Gasteiger partial charge in [-0.05, 0) is 35.8 Å². The van der Waals surface area contributed by atoms with Crippen LogP contribution >= 0.6 is 34.9 Å². The van der Waals surface area contributed by atoms with Crippen LogP contribution in [0.1, 0.15) is 18.7 Å². The molecule has 0 saturated carbocycles. The van der Waals surface area contributed by atoms with Gasteiger partial charge in [0.25, 0.3) is 0 Å². The summed E-state index contributed by atoms with van der Waals surface area (Å²) in [6.07, 6.45) is 0. The van der Waals surface area contributed by atoms with E-state index < -0.39 is 18.1 Å². The molecule has 0 radical (unpaired) electrons. The smallest absolute Gasteiger partial charge is 0.304 e. The highest BCUT2D eigenvalue weighted by Gasteiger charge is 2.57. The van der Waals surface area contributed by atoms with Crippen LogP contribution in [0.25, 0.3) is 14.9 Å². The topological polar surface area (TPSA) is 39.9 Å². The van der Waals surface area contributed by atoms with E-state index in [0.717, 1.165) is 11.3 Å². The zero-order valence-corrected chi connectivity index (χ0v) is 15.6. The third-order valence-electron chi connectivity index (χ3n) is 2.96. The number of thiophene rings is 1. The first-order valence-corrected chi connectivity index (χ1v) is 9.83. The fourth-order valence-electron chi connectivity index (χ4n) is 1.98. The second-order valence-corrected chi connectivity index (χ2v) is 8.33. The summed E-state index contributed by atoms with van der Waals surface area (Å²) in [5.74, 6) is 0. The quantitative estimate of drug-likeness (QED) is 0.391. The average Bonchev–Trinajstić information content (AvgIpc) is 2.84. The SMILES string of the molecule is [C-]#[N+]c1ccc2c(Br)c(C(F)(F)P(=O)(OCC)OCC)sc2c1. The van der Waals surface area contributed by atoms with Crippen molar-refractivity contribution in [3.8, 4) is 0 Å². The van der Waals surface area contributed by atoms with Gasteiger partial charge in [-0.1, -0.05) is 12.1 Å². The van der Waals surface area contributed by atoms with Crippen LogP contribution in [0.3, 0.4) is 0 Å². The predicted molar refractivity (Wildman–Crippen MR) is 90.5 cm³/mol. The molecule has 0 bridgehead atoms. The molecule has 0 atom stereocenters. The Balaban J connectivity index is 2.63. The molecular formula is C14H13BrF2NO3PS. The van der Waals surface area contributed by atoms with E-state index >= 15 is 0 Å². The Labute approximate surface area is 144 Å². The molecule has 0 saturated heterocycles. The molecule has 0 amide bonds. The second-order valence-electron chi connectivity index (χ2n) is 4.41. The molecule has 0 fully saturated rings. The van der Waals surface area contributed by atoms with Gasteiger partial charge in [0.2, 0.25) is 0 Å². The van der Waals surface area contributed by atoms with Gasteiger partial charge in [-0.3, -0.25) is 4.57 Å².